The second-order valence-electron chi connectivity index (χ2n) is 5.20. The highest BCUT2D eigenvalue weighted by molar-refractivity contribution is 5.85. The first-order chi connectivity index (χ1) is 10.1. The summed E-state index contributed by atoms with van der Waals surface area (Å²) in [6.45, 7) is 2.00. The Morgan fingerprint density at radius 3 is 2.48 bits per heavy atom. The van der Waals surface area contributed by atoms with E-state index in [9.17, 15) is 4.79 Å². The molecule has 0 fully saturated rings. The van der Waals surface area contributed by atoms with Crippen LogP contribution in [-0.4, -0.2) is 11.1 Å². The normalized spacial score (nSPS) is 10.9. The molecule has 0 aliphatic carbocycles. The zero-order valence-corrected chi connectivity index (χ0v) is 12.3. The lowest BCUT2D eigenvalue weighted by molar-refractivity contribution is -0.131. The van der Waals surface area contributed by atoms with Gasteiger partial charge in [0.05, 0.1) is 0 Å². The Bertz CT molecular complexity index is 627. The maximum Gasteiger partial charge on any atom is 0.328 e. The second kappa shape index (κ2) is 7.44. The van der Waals surface area contributed by atoms with E-state index in [1.54, 1.807) is 6.08 Å². The zero-order valence-electron chi connectivity index (χ0n) is 12.3. The van der Waals surface area contributed by atoms with Gasteiger partial charge in [-0.05, 0) is 54.5 Å². The van der Waals surface area contributed by atoms with E-state index in [2.05, 4.69) is 42.5 Å². The van der Waals surface area contributed by atoms with E-state index in [1.165, 1.54) is 17.2 Å². The van der Waals surface area contributed by atoms with Gasteiger partial charge in [-0.15, -0.1) is 0 Å². The summed E-state index contributed by atoms with van der Waals surface area (Å²) >= 11 is 0. The van der Waals surface area contributed by atoms with E-state index in [-0.39, 0.29) is 0 Å². The first-order valence-corrected chi connectivity index (χ1v) is 7.19. The molecule has 0 aromatic heterocycles. The standard InChI is InChI=1S/C19H20O2/c1-15-10-11-17(14-18(15)12-13-19(20)21)9-5-8-16-6-3-2-4-7-16/h2-4,6-7,10-14H,5,8-9H2,1H3,(H,20,21). The molecular formula is C19H20O2. The molecule has 0 saturated heterocycles. The summed E-state index contributed by atoms with van der Waals surface area (Å²) in [5.74, 6) is -0.913. The van der Waals surface area contributed by atoms with Crippen LogP contribution in [0.1, 0.15) is 28.7 Å². The number of hydrogen-bond acceptors (Lipinski definition) is 1. The Labute approximate surface area is 125 Å². The number of carbonyl (C=O) groups is 1. The van der Waals surface area contributed by atoms with Crippen LogP contribution < -0.4 is 0 Å². The van der Waals surface area contributed by atoms with Crippen LogP contribution in [-0.2, 0) is 17.6 Å². The summed E-state index contributed by atoms with van der Waals surface area (Å²) < 4.78 is 0. The van der Waals surface area contributed by atoms with Gasteiger partial charge in [-0.3, -0.25) is 0 Å². The van der Waals surface area contributed by atoms with Gasteiger partial charge in [-0.25, -0.2) is 4.79 Å². The quantitative estimate of drug-likeness (QED) is 0.802. The highest BCUT2D eigenvalue weighted by Gasteiger charge is 2.00. The van der Waals surface area contributed by atoms with E-state index in [1.807, 2.05) is 13.0 Å². The topological polar surface area (TPSA) is 37.3 Å². The van der Waals surface area contributed by atoms with E-state index >= 15 is 0 Å². The molecule has 0 heterocycles. The van der Waals surface area contributed by atoms with Crippen molar-refractivity contribution < 1.29 is 9.90 Å². The Hall–Kier alpha value is -2.35. The molecule has 0 atom stereocenters. The van der Waals surface area contributed by atoms with Gasteiger partial charge in [0.15, 0.2) is 0 Å². The highest BCUT2D eigenvalue weighted by atomic mass is 16.4. The van der Waals surface area contributed by atoms with E-state index < -0.39 is 5.97 Å². The molecule has 2 rings (SSSR count). The molecule has 21 heavy (non-hydrogen) atoms. The van der Waals surface area contributed by atoms with Crippen molar-refractivity contribution in [3.05, 3.63) is 76.9 Å². The fourth-order valence-corrected chi connectivity index (χ4v) is 2.33. The largest absolute Gasteiger partial charge is 0.478 e. The SMILES string of the molecule is Cc1ccc(CCCc2ccccc2)cc1C=CC(=O)O. The Kier molecular flexibility index (Phi) is 5.33. The number of benzene rings is 2. The number of hydrogen-bond donors (Lipinski definition) is 1. The summed E-state index contributed by atoms with van der Waals surface area (Å²) in [5, 5.41) is 8.72. The van der Waals surface area contributed by atoms with Gasteiger partial charge in [-0.1, -0.05) is 48.5 Å². The molecule has 0 bridgehead atoms. The summed E-state index contributed by atoms with van der Waals surface area (Å²) in [4.78, 5) is 10.6. The predicted octanol–water partition coefficient (Wildman–Crippen LogP) is 4.27. The van der Waals surface area contributed by atoms with Crippen molar-refractivity contribution in [1.82, 2.24) is 0 Å². The highest BCUT2D eigenvalue weighted by Crippen LogP contribution is 2.15. The van der Waals surface area contributed by atoms with Gasteiger partial charge in [0, 0.05) is 6.08 Å². The molecule has 0 amide bonds. The van der Waals surface area contributed by atoms with Crippen molar-refractivity contribution in [3.63, 3.8) is 0 Å². The molecule has 1 N–H and O–H groups in total. The molecule has 2 heteroatoms. The van der Waals surface area contributed by atoms with Crippen molar-refractivity contribution in [2.45, 2.75) is 26.2 Å². The van der Waals surface area contributed by atoms with Crippen LogP contribution in [0.5, 0.6) is 0 Å². The molecule has 108 valence electrons. The first-order valence-electron chi connectivity index (χ1n) is 7.19. The maximum atomic E-state index is 10.6. The number of carboxylic acids is 1. The average molecular weight is 280 g/mol. The van der Waals surface area contributed by atoms with Gasteiger partial charge >= 0.3 is 5.97 Å². The number of aliphatic carboxylic acids is 1. The molecule has 0 unspecified atom stereocenters. The van der Waals surface area contributed by atoms with Crippen LogP contribution in [0.2, 0.25) is 0 Å². The Morgan fingerprint density at radius 2 is 1.76 bits per heavy atom. The molecule has 0 aliphatic rings. The lowest BCUT2D eigenvalue weighted by Gasteiger charge is -2.06. The fourth-order valence-electron chi connectivity index (χ4n) is 2.33. The number of rotatable bonds is 6. The molecule has 0 aliphatic heterocycles. The van der Waals surface area contributed by atoms with Crippen LogP contribution >= 0.6 is 0 Å². The predicted molar refractivity (Wildman–Crippen MR) is 86.3 cm³/mol. The van der Waals surface area contributed by atoms with Crippen molar-refractivity contribution >= 4 is 12.0 Å². The van der Waals surface area contributed by atoms with Crippen molar-refractivity contribution in [1.29, 1.82) is 0 Å². The van der Waals surface area contributed by atoms with E-state index in [0.29, 0.717) is 0 Å². The molecule has 2 nitrogen and oxygen atoms in total. The summed E-state index contributed by atoms with van der Waals surface area (Å²) in [7, 11) is 0. The average Bonchev–Trinajstić information content (AvgIpc) is 2.48. The van der Waals surface area contributed by atoms with E-state index in [0.717, 1.165) is 30.4 Å². The van der Waals surface area contributed by atoms with Gasteiger partial charge in [0.1, 0.15) is 0 Å². The minimum absolute atomic E-state index is 0.913. The first kappa shape index (κ1) is 15.0. The van der Waals surface area contributed by atoms with Gasteiger partial charge < -0.3 is 5.11 Å². The third-order valence-electron chi connectivity index (χ3n) is 3.52. The van der Waals surface area contributed by atoms with Crippen LogP contribution in [0.25, 0.3) is 6.08 Å². The Balaban J connectivity index is 1.97. The molecular weight excluding hydrogens is 260 g/mol. The van der Waals surface area contributed by atoms with Gasteiger partial charge in [0.25, 0.3) is 0 Å². The minimum atomic E-state index is -0.913. The maximum absolute atomic E-state index is 10.6. The Morgan fingerprint density at radius 1 is 1.05 bits per heavy atom. The molecule has 2 aromatic rings. The lowest BCUT2D eigenvalue weighted by Crippen LogP contribution is -1.92. The summed E-state index contributed by atoms with van der Waals surface area (Å²) in [6.07, 6.45) is 6.02. The van der Waals surface area contributed by atoms with Crippen molar-refractivity contribution in [2.24, 2.45) is 0 Å². The third-order valence-corrected chi connectivity index (χ3v) is 3.52. The van der Waals surface area contributed by atoms with Crippen LogP contribution in [0.3, 0.4) is 0 Å². The lowest BCUT2D eigenvalue weighted by atomic mass is 9.99. The number of aryl methyl sites for hydroxylation is 3. The molecule has 0 spiro atoms. The molecule has 0 radical (unpaired) electrons. The minimum Gasteiger partial charge on any atom is -0.478 e. The van der Waals surface area contributed by atoms with Crippen molar-refractivity contribution in [3.8, 4) is 0 Å². The fraction of sp³-hybridized carbons (Fsp3) is 0.211. The third kappa shape index (κ3) is 4.92. The second-order valence-corrected chi connectivity index (χ2v) is 5.20. The summed E-state index contributed by atoms with van der Waals surface area (Å²) in [5.41, 5.74) is 4.69. The van der Waals surface area contributed by atoms with Gasteiger partial charge in [0.2, 0.25) is 0 Å². The monoisotopic (exact) mass is 280 g/mol. The number of carboxylic acid groups (broad SMARTS) is 1. The van der Waals surface area contributed by atoms with E-state index in [4.69, 9.17) is 5.11 Å². The molecule has 2 aromatic carbocycles. The van der Waals surface area contributed by atoms with Gasteiger partial charge in [-0.2, -0.15) is 0 Å². The summed E-state index contributed by atoms with van der Waals surface area (Å²) in [6, 6.07) is 16.7. The molecule has 0 saturated carbocycles. The zero-order chi connectivity index (χ0) is 15.1. The smallest absolute Gasteiger partial charge is 0.328 e. The van der Waals surface area contributed by atoms with Crippen LogP contribution in [0, 0.1) is 6.92 Å². The van der Waals surface area contributed by atoms with Crippen LogP contribution in [0.4, 0.5) is 0 Å². The van der Waals surface area contributed by atoms with Crippen LogP contribution in [0.15, 0.2) is 54.6 Å². The van der Waals surface area contributed by atoms with Crippen molar-refractivity contribution in [2.75, 3.05) is 0 Å².